The van der Waals surface area contributed by atoms with Gasteiger partial charge in [-0.1, -0.05) is 6.07 Å². The molecule has 19 heavy (non-hydrogen) atoms. The number of carbonyl (C=O) groups is 1. The van der Waals surface area contributed by atoms with Crippen molar-refractivity contribution in [2.24, 2.45) is 0 Å². The van der Waals surface area contributed by atoms with Crippen molar-refractivity contribution in [2.75, 3.05) is 13.1 Å². The van der Waals surface area contributed by atoms with Gasteiger partial charge in [-0.3, -0.25) is 4.79 Å². The minimum absolute atomic E-state index is 0.0646. The van der Waals surface area contributed by atoms with Crippen LogP contribution in [-0.4, -0.2) is 23.9 Å². The number of rotatable bonds is 5. The number of carbonyl (C=O) groups excluding carboxylic acids is 1. The van der Waals surface area contributed by atoms with Crippen LogP contribution in [0.1, 0.15) is 23.2 Å². The van der Waals surface area contributed by atoms with Gasteiger partial charge in [0.15, 0.2) is 0 Å². The molecule has 0 N–H and O–H groups in total. The molecule has 0 atom stereocenters. The molecule has 0 aliphatic heterocycles. The fourth-order valence-electron chi connectivity index (χ4n) is 1.52. The summed E-state index contributed by atoms with van der Waals surface area (Å²) in [6.07, 6.45) is 0.291. The van der Waals surface area contributed by atoms with Crippen LogP contribution in [0.4, 0.5) is 4.39 Å². The van der Waals surface area contributed by atoms with Gasteiger partial charge in [0.05, 0.1) is 35.0 Å². The summed E-state index contributed by atoms with van der Waals surface area (Å²) in [4.78, 5) is 13.5. The summed E-state index contributed by atoms with van der Waals surface area (Å²) >= 11 is 3.02. The molecule has 0 bridgehead atoms. The van der Waals surface area contributed by atoms with E-state index >= 15 is 0 Å². The third kappa shape index (κ3) is 4.04. The number of amides is 1. The van der Waals surface area contributed by atoms with Gasteiger partial charge in [-0.2, -0.15) is 10.5 Å². The van der Waals surface area contributed by atoms with Crippen molar-refractivity contribution in [3.63, 3.8) is 0 Å². The summed E-state index contributed by atoms with van der Waals surface area (Å²) in [5.41, 5.74) is -0.0646. The molecule has 0 radical (unpaired) electrons. The lowest BCUT2D eigenvalue weighted by Gasteiger charge is -2.20. The standard InChI is InChI=1S/C13H11BrFN3O/c14-11-5-1-4-10(12(11)15)13(19)18(8-2-6-16)9-3-7-17/h1,4-5H,2-3,8-9H2. The molecule has 1 rings (SSSR count). The van der Waals surface area contributed by atoms with E-state index in [2.05, 4.69) is 15.9 Å². The first-order valence-corrected chi connectivity index (χ1v) is 6.38. The van der Waals surface area contributed by atoms with Gasteiger partial charge < -0.3 is 4.90 Å². The first-order chi connectivity index (χ1) is 9.11. The second-order valence-corrected chi connectivity index (χ2v) is 4.56. The van der Waals surface area contributed by atoms with Gasteiger partial charge in [0.1, 0.15) is 5.82 Å². The minimum Gasteiger partial charge on any atom is -0.336 e. The highest BCUT2D eigenvalue weighted by molar-refractivity contribution is 9.10. The lowest BCUT2D eigenvalue weighted by atomic mass is 10.1. The van der Waals surface area contributed by atoms with Crippen molar-refractivity contribution in [1.82, 2.24) is 4.90 Å². The summed E-state index contributed by atoms with van der Waals surface area (Å²) in [6.45, 7) is 0.367. The monoisotopic (exact) mass is 323 g/mol. The van der Waals surface area contributed by atoms with E-state index in [0.29, 0.717) is 0 Å². The van der Waals surface area contributed by atoms with Gasteiger partial charge in [-0.15, -0.1) is 0 Å². The molecule has 1 amide bonds. The highest BCUT2D eigenvalue weighted by Gasteiger charge is 2.19. The molecular formula is C13H11BrFN3O. The first kappa shape index (κ1) is 15.1. The van der Waals surface area contributed by atoms with Crippen molar-refractivity contribution < 1.29 is 9.18 Å². The fraction of sp³-hybridized carbons (Fsp3) is 0.308. The summed E-state index contributed by atoms with van der Waals surface area (Å²) in [5, 5.41) is 17.1. The molecule has 4 nitrogen and oxygen atoms in total. The highest BCUT2D eigenvalue weighted by atomic mass is 79.9. The average molecular weight is 324 g/mol. The quantitative estimate of drug-likeness (QED) is 0.836. The molecule has 0 aromatic heterocycles. The Bertz CT molecular complexity index is 530. The maximum atomic E-state index is 13.8. The van der Waals surface area contributed by atoms with Gasteiger partial charge in [0, 0.05) is 13.1 Å². The molecule has 1 aromatic rings. The van der Waals surface area contributed by atoms with Crippen molar-refractivity contribution in [3.8, 4) is 12.1 Å². The zero-order valence-corrected chi connectivity index (χ0v) is 11.7. The molecule has 0 fully saturated rings. The van der Waals surface area contributed by atoms with E-state index < -0.39 is 11.7 Å². The normalized spacial score (nSPS) is 9.47. The lowest BCUT2D eigenvalue weighted by molar-refractivity contribution is 0.0757. The Balaban J connectivity index is 2.95. The van der Waals surface area contributed by atoms with Crippen LogP contribution in [0.5, 0.6) is 0 Å². The number of benzene rings is 1. The second kappa shape index (κ2) is 7.50. The molecule has 0 aliphatic carbocycles. The van der Waals surface area contributed by atoms with E-state index in [0.717, 1.165) is 0 Å². The predicted octanol–water partition coefficient (Wildman–Crippen LogP) is 2.86. The highest BCUT2D eigenvalue weighted by Crippen LogP contribution is 2.20. The lowest BCUT2D eigenvalue weighted by Crippen LogP contribution is -2.33. The zero-order valence-electron chi connectivity index (χ0n) is 10.1. The molecule has 0 saturated carbocycles. The Morgan fingerprint density at radius 2 is 1.84 bits per heavy atom. The first-order valence-electron chi connectivity index (χ1n) is 5.59. The third-order valence-electron chi connectivity index (χ3n) is 2.46. The van der Waals surface area contributed by atoms with Gasteiger partial charge >= 0.3 is 0 Å². The largest absolute Gasteiger partial charge is 0.336 e. The van der Waals surface area contributed by atoms with Crippen molar-refractivity contribution in [3.05, 3.63) is 34.1 Å². The van der Waals surface area contributed by atoms with Crippen LogP contribution < -0.4 is 0 Å². The van der Waals surface area contributed by atoms with E-state index in [9.17, 15) is 9.18 Å². The van der Waals surface area contributed by atoms with Crippen LogP contribution in [0.2, 0.25) is 0 Å². The van der Waals surface area contributed by atoms with Gasteiger partial charge in [-0.05, 0) is 28.1 Å². The van der Waals surface area contributed by atoms with Crippen LogP contribution in [0.3, 0.4) is 0 Å². The number of nitrogens with zero attached hydrogens (tertiary/aromatic N) is 3. The summed E-state index contributed by atoms with van der Waals surface area (Å²) in [5.74, 6) is -1.14. The maximum Gasteiger partial charge on any atom is 0.256 e. The van der Waals surface area contributed by atoms with Crippen LogP contribution in [-0.2, 0) is 0 Å². The average Bonchev–Trinajstić information content (AvgIpc) is 2.41. The van der Waals surface area contributed by atoms with Crippen LogP contribution in [0.25, 0.3) is 0 Å². The SMILES string of the molecule is N#CCCN(CCC#N)C(=O)c1cccc(Br)c1F. The smallest absolute Gasteiger partial charge is 0.256 e. The van der Waals surface area contributed by atoms with E-state index in [1.54, 1.807) is 6.07 Å². The van der Waals surface area contributed by atoms with Crippen LogP contribution >= 0.6 is 15.9 Å². The topological polar surface area (TPSA) is 67.9 Å². The van der Waals surface area contributed by atoms with E-state index in [4.69, 9.17) is 10.5 Å². The van der Waals surface area contributed by atoms with Crippen LogP contribution in [0.15, 0.2) is 22.7 Å². The van der Waals surface area contributed by atoms with Crippen molar-refractivity contribution in [1.29, 1.82) is 10.5 Å². The van der Waals surface area contributed by atoms with Crippen molar-refractivity contribution in [2.45, 2.75) is 12.8 Å². The molecule has 0 heterocycles. The molecule has 98 valence electrons. The molecule has 0 aliphatic rings. The number of nitriles is 2. The van der Waals surface area contributed by atoms with Gasteiger partial charge in [0.25, 0.3) is 5.91 Å². The Morgan fingerprint density at radius 3 is 2.37 bits per heavy atom. The Labute approximate surface area is 119 Å². The maximum absolute atomic E-state index is 13.8. The second-order valence-electron chi connectivity index (χ2n) is 3.71. The Morgan fingerprint density at radius 1 is 1.26 bits per heavy atom. The molecule has 6 heteroatoms. The van der Waals surface area contributed by atoms with Crippen molar-refractivity contribution >= 4 is 21.8 Å². The van der Waals surface area contributed by atoms with Crippen LogP contribution in [0, 0.1) is 28.5 Å². The number of halogens is 2. The Hall–Kier alpha value is -1.92. The fourth-order valence-corrected chi connectivity index (χ4v) is 1.89. The Kier molecular flexibility index (Phi) is 5.98. The zero-order chi connectivity index (χ0) is 14.3. The van der Waals surface area contributed by atoms with Gasteiger partial charge in [0.2, 0.25) is 0 Å². The van der Waals surface area contributed by atoms with E-state index in [1.807, 2.05) is 12.1 Å². The molecular weight excluding hydrogens is 313 g/mol. The minimum atomic E-state index is -0.633. The van der Waals surface area contributed by atoms with E-state index in [-0.39, 0.29) is 36.0 Å². The number of hydrogen-bond acceptors (Lipinski definition) is 3. The third-order valence-corrected chi connectivity index (χ3v) is 3.07. The number of hydrogen-bond donors (Lipinski definition) is 0. The summed E-state index contributed by atoms with van der Waals surface area (Å²) in [6, 6.07) is 8.30. The van der Waals surface area contributed by atoms with Gasteiger partial charge in [-0.25, -0.2) is 4.39 Å². The summed E-state index contributed by atoms with van der Waals surface area (Å²) in [7, 11) is 0. The predicted molar refractivity (Wildman–Crippen MR) is 70.5 cm³/mol. The molecule has 0 unspecified atom stereocenters. The van der Waals surface area contributed by atoms with E-state index in [1.165, 1.54) is 17.0 Å². The molecule has 0 spiro atoms. The molecule has 1 aromatic carbocycles. The summed E-state index contributed by atoms with van der Waals surface area (Å²) < 4.78 is 14.0. The molecule has 0 saturated heterocycles.